The van der Waals surface area contributed by atoms with E-state index in [4.69, 9.17) is 23.9 Å². The molecule has 0 saturated heterocycles. The van der Waals surface area contributed by atoms with Gasteiger partial charge in [-0.1, -0.05) is 42.5 Å². The van der Waals surface area contributed by atoms with Gasteiger partial charge in [-0.3, -0.25) is 0 Å². The lowest BCUT2D eigenvalue weighted by Crippen LogP contribution is -2.16. The highest BCUT2D eigenvalue weighted by Gasteiger charge is 2.28. The molecule has 7 rings (SSSR count). The average Bonchev–Trinajstić information content (AvgIpc) is 3.10. The third-order valence-corrected chi connectivity index (χ3v) is 8.08. The van der Waals surface area contributed by atoms with Crippen LogP contribution in [0.1, 0.15) is 15.9 Å². The molecule has 0 amide bonds. The molecule has 5 aromatic carbocycles. The Bertz CT molecular complexity index is 2020. The number of benzene rings is 5. The minimum absolute atomic E-state index is 0.389. The third-order valence-electron chi connectivity index (χ3n) is 8.08. The zero-order chi connectivity index (χ0) is 31.1. The van der Waals surface area contributed by atoms with Gasteiger partial charge in [0.2, 0.25) is 0 Å². The highest BCUT2D eigenvalue weighted by atomic mass is 16.5. The van der Waals surface area contributed by atoms with Crippen LogP contribution in [-0.4, -0.2) is 32.3 Å². The summed E-state index contributed by atoms with van der Waals surface area (Å²) in [6.07, 6.45) is 0. The Balaban J connectivity index is 1.55. The van der Waals surface area contributed by atoms with Gasteiger partial charge in [0.25, 0.3) is 0 Å². The number of rotatable bonds is 6. The van der Waals surface area contributed by atoms with Crippen molar-refractivity contribution >= 4 is 33.9 Å². The number of methoxy groups -OCH3 is 3. The van der Waals surface area contributed by atoms with Crippen LogP contribution < -0.4 is 19.1 Å². The first-order valence-electron chi connectivity index (χ1n) is 14.5. The Morgan fingerprint density at radius 1 is 0.689 bits per heavy atom. The van der Waals surface area contributed by atoms with Crippen LogP contribution in [0.15, 0.2) is 109 Å². The molecule has 7 nitrogen and oxygen atoms in total. The van der Waals surface area contributed by atoms with Gasteiger partial charge in [-0.25, -0.2) is 9.78 Å². The van der Waals surface area contributed by atoms with Crippen LogP contribution in [0.3, 0.4) is 0 Å². The molecular formula is C38H30N2O5. The molecule has 45 heavy (non-hydrogen) atoms. The van der Waals surface area contributed by atoms with E-state index < -0.39 is 0 Å². The molecule has 0 radical (unpaired) electrons. The number of hydrogen-bond acceptors (Lipinski definition) is 7. The number of carbonyl (C=O) groups excluding carboxylic acids is 1. The van der Waals surface area contributed by atoms with Gasteiger partial charge in [-0.2, -0.15) is 0 Å². The quantitative estimate of drug-likeness (QED) is 0.178. The summed E-state index contributed by atoms with van der Waals surface area (Å²) >= 11 is 0. The first kappa shape index (κ1) is 28.0. The fraction of sp³-hybridized carbons (Fsp3) is 0.105. The lowest BCUT2D eigenvalue weighted by molar-refractivity contribution is 0.0600. The van der Waals surface area contributed by atoms with E-state index in [1.807, 2.05) is 66.7 Å². The van der Waals surface area contributed by atoms with Crippen LogP contribution in [-0.2, 0) is 4.74 Å². The molecule has 0 atom stereocenters. The number of para-hydroxylation sites is 4. The van der Waals surface area contributed by atoms with Gasteiger partial charge < -0.3 is 23.8 Å². The Morgan fingerprint density at radius 2 is 1.31 bits per heavy atom. The summed E-state index contributed by atoms with van der Waals surface area (Å²) in [6.45, 7) is 2.10. The first-order chi connectivity index (χ1) is 22.0. The number of nitrogens with zero attached hydrogens (tertiary/aromatic N) is 2. The Morgan fingerprint density at radius 3 is 1.91 bits per heavy atom. The topological polar surface area (TPSA) is 70.1 Å². The second-order valence-electron chi connectivity index (χ2n) is 10.7. The molecule has 0 spiro atoms. The summed E-state index contributed by atoms with van der Waals surface area (Å²) in [5.41, 5.74) is 8.59. The van der Waals surface area contributed by atoms with Crippen molar-refractivity contribution in [2.75, 3.05) is 26.2 Å². The molecule has 6 aromatic rings. The lowest BCUT2D eigenvalue weighted by atomic mass is 9.94. The van der Waals surface area contributed by atoms with Crippen molar-refractivity contribution in [3.63, 3.8) is 0 Å². The fourth-order valence-electron chi connectivity index (χ4n) is 5.87. The minimum Gasteiger partial charge on any atom is -0.497 e. The second-order valence-corrected chi connectivity index (χ2v) is 10.7. The Labute approximate surface area is 261 Å². The molecule has 1 aliphatic heterocycles. The van der Waals surface area contributed by atoms with Crippen LogP contribution in [0.2, 0.25) is 0 Å². The van der Waals surface area contributed by atoms with Gasteiger partial charge in [0.15, 0.2) is 11.5 Å². The van der Waals surface area contributed by atoms with Crippen LogP contribution in [0.4, 0.5) is 17.1 Å². The van der Waals surface area contributed by atoms with Crippen LogP contribution >= 0.6 is 0 Å². The number of anilines is 3. The average molecular weight is 595 g/mol. The summed E-state index contributed by atoms with van der Waals surface area (Å²) in [4.78, 5) is 19.7. The van der Waals surface area contributed by atoms with E-state index in [-0.39, 0.29) is 5.97 Å². The molecule has 0 N–H and O–H groups in total. The molecule has 1 aliphatic rings. The molecular weight excluding hydrogens is 564 g/mol. The zero-order valence-corrected chi connectivity index (χ0v) is 25.3. The number of ether oxygens (including phenoxy) is 4. The van der Waals surface area contributed by atoms with Crippen LogP contribution in [0.5, 0.6) is 23.0 Å². The normalized spacial score (nSPS) is 11.8. The highest BCUT2D eigenvalue weighted by molar-refractivity contribution is 6.07. The van der Waals surface area contributed by atoms with E-state index >= 15 is 0 Å². The maximum Gasteiger partial charge on any atom is 0.337 e. The van der Waals surface area contributed by atoms with E-state index in [1.54, 1.807) is 26.4 Å². The smallest absolute Gasteiger partial charge is 0.337 e. The van der Waals surface area contributed by atoms with Crippen molar-refractivity contribution in [1.29, 1.82) is 0 Å². The monoisotopic (exact) mass is 594 g/mol. The van der Waals surface area contributed by atoms with Gasteiger partial charge in [-0.05, 0) is 84.3 Å². The molecule has 222 valence electrons. The van der Waals surface area contributed by atoms with Crippen LogP contribution in [0.25, 0.3) is 33.3 Å². The molecule has 1 aromatic heterocycles. The number of aryl methyl sites for hydroxylation is 1. The molecule has 0 unspecified atom stereocenters. The summed E-state index contributed by atoms with van der Waals surface area (Å²) in [5, 5.41) is 0.999. The van der Waals surface area contributed by atoms with Crippen LogP contribution in [0, 0.1) is 6.92 Å². The summed E-state index contributed by atoms with van der Waals surface area (Å²) in [6, 6.07) is 35.5. The van der Waals surface area contributed by atoms with Gasteiger partial charge in [0.05, 0.1) is 55.2 Å². The number of hydrogen-bond donors (Lipinski definition) is 0. The summed E-state index contributed by atoms with van der Waals surface area (Å²) in [5.74, 6) is 2.50. The van der Waals surface area contributed by atoms with E-state index in [1.165, 1.54) is 7.11 Å². The summed E-state index contributed by atoms with van der Waals surface area (Å²) < 4.78 is 22.5. The summed E-state index contributed by atoms with van der Waals surface area (Å²) in [7, 11) is 4.67. The van der Waals surface area contributed by atoms with Crippen molar-refractivity contribution in [2.45, 2.75) is 6.92 Å². The fourth-order valence-corrected chi connectivity index (χ4v) is 5.87. The first-order valence-corrected chi connectivity index (χ1v) is 14.5. The predicted molar refractivity (Wildman–Crippen MR) is 177 cm³/mol. The van der Waals surface area contributed by atoms with Gasteiger partial charge in [0.1, 0.15) is 11.5 Å². The maximum atomic E-state index is 12.2. The Kier molecular flexibility index (Phi) is 7.06. The zero-order valence-electron chi connectivity index (χ0n) is 25.3. The van der Waals surface area contributed by atoms with Gasteiger partial charge >= 0.3 is 5.97 Å². The van der Waals surface area contributed by atoms with Crippen molar-refractivity contribution < 1.29 is 23.7 Å². The van der Waals surface area contributed by atoms with Crippen molar-refractivity contribution in [3.8, 4) is 45.4 Å². The molecule has 0 aliphatic carbocycles. The number of esters is 1. The predicted octanol–water partition coefficient (Wildman–Crippen LogP) is 9.26. The SMILES string of the molecule is COC(=O)c1ccc(-c2cc(-c3cc(OC)cc(OC)c3)c3c(C)ccc(N4c5ccccc5Oc5ccccc54)c3n2)cc1. The number of pyridine rings is 1. The molecule has 0 saturated carbocycles. The van der Waals surface area contributed by atoms with Gasteiger partial charge in [-0.15, -0.1) is 0 Å². The van der Waals surface area contributed by atoms with Crippen molar-refractivity contribution in [1.82, 2.24) is 4.98 Å². The number of fused-ring (bicyclic) bond motifs is 3. The van der Waals surface area contributed by atoms with Gasteiger partial charge in [0, 0.05) is 17.0 Å². The molecule has 7 heteroatoms. The molecule has 2 heterocycles. The van der Waals surface area contributed by atoms with E-state index in [0.717, 1.165) is 67.4 Å². The highest BCUT2D eigenvalue weighted by Crippen LogP contribution is 2.52. The molecule has 0 bridgehead atoms. The maximum absolute atomic E-state index is 12.2. The minimum atomic E-state index is -0.389. The number of aromatic nitrogens is 1. The second kappa shape index (κ2) is 11.4. The van der Waals surface area contributed by atoms with Crippen molar-refractivity contribution in [2.24, 2.45) is 0 Å². The van der Waals surface area contributed by atoms with Crippen molar-refractivity contribution in [3.05, 3.63) is 120 Å². The number of carbonyl (C=O) groups is 1. The van der Waals surface area contributed by atoms with E-state index in [2.05, 4.69) is 42.2 Å². The lowest BCUT2D eigenvalue weighted by Gasteiger charge is -2.33. The van der Waals surface area contributed by atoms with E-state index in [9.17, 15) is 4.79 Å². The molecule has 0 fully saturated rings. The third kappa shape index (κ3) is 4.88. The Hall–Kier alpha value is -5.82. The standard InChI is InChI=1S/C38H30N2O5/c1-23-13-18-33(40-31-9-5-7-11-34(31)45-35-12-8-6-10-32(35)40)37-36(23)29(26-19-27(42-2)21-28(20-26)43-3)22-30(39-37)24-14-16-25(17-15-24)38(41)44-4/h5-22H,1-4H3. The largest absolute Gasteiger partial charge is 0.497 e. The van der Waals surface area contributed by atoms with E-state index in [0.29, 0.717) is 17.1 Å².